The number of anilines is 2. The molecule has 1 fully saturated rings. The minimum atomic E-state index is -3.82. The van der Waals surface area contributed by atoms with Gasteiger partial charge in [0, 0.05) is 31.5 Å². The molecule has 0 unspecified atom stereocenters. The third-order valence-corrected chi connectivity index (χ3v) is 7.82. The Hall–Kier alpha value is -3.15. The van der Waals surface area contributed by atoms with E-state index in [1.807, 2.05) is 24.3 Å². The van der Waals surface area contributed by atoms with Crippen LogP contribution in [-0.2, 0) is 32.6 Å². The monoisotopic (exact) mass is 487 g/mol. The fraction of sp³-hybridized carbons (Fsp3) is 0.391. The first-order valence-corrected chi connectivity index (χ1v) is 12.4. The lowest BCUT2D eigenvalue weighted by molar-refractivity contribution is -0.116. The minimum absolute atomic E-state index is 0.0975. The Bertz CT molecular complexity index is 1230. The van der Waals surface area contributed by atoms with Crippen LogP contribution in [0.1, 0.15) is 17.1 Å². The molecule has 2 aromatic heterocycles. The Morgan fingerprint density at radius 2 is 1.85 bits per heavy atom. The molecule has 10 nitrogen and oxygen atoms in total. The first-order valence-electron chi connectivity index (χ1n) is 11.0. The Labute approximate surface area is 199 Å². The van der Waals surface area contributed by atoms with Crippen molar-refractivity contribution in [1.29, 1.82) is 0 Å². The Kier molecular flexibility index (Phi) is 7.05. The van der Waals surface area contributed by atoms with Crippen molar-refractivity contribution in [2.45, 2.75) is 31.8 Å². The molecule has 34 heavy (non-hydrogen) atoms. The molecule has 1 aromatic carbocycles. The zero-order chi connectivity index (χ0) is 24.3. The lowest BCUT2D eigenvalue weighted by atomic mass is 10.2. The van der Waals surface area contributed by atoms with Crippen molar-refractivity contribution in [3.63, 3.8) is 0 Å². The van der Waals surface area contributed by atoms with Crippen LogP contribution >= 0.6 is 0 Å². The molecule has 0 saturated carbocycles. The number of rotatable bonds is 8. The molecule has 1 N–H and O–H groups in total. The first kappa shape index (κ1) is 24.0. The molecule has 4 rings (SSSR count). The van der Waals surface area contributed by atoms with Gasteiger partial charge in [-0.25, -0.2) is 8.42 Å². The number of nitrogens with one attached hydrogen (secondary N) is 1. The second-order valence-electron chi connectivity index (χ2n) is 8.19. The van der Waals surface area contributed by atoms with Gasteiger partial charge in [-0.05, 0) is 50.2 Å². The van der Waals surface area contributed by atoms with E-state index in [2.05, 4.69) is 15.3 Å². The van der Waals surface area contributed by atoms with Gasteiger partial charge in [0.1, 0.15) is 17.2 Å². The molecule has 3 heterocycles. The van der Waals surface area contributed by atoms with Crippen LogP contribution in [0.4, 0.5) is 11.4 Å². The van der Waals surface area contributed by atoms with Crippen LogP contribution in [0.3, 0.4) is 0 Å². The number of aryl methyl sites for hydroxylation is 1. The molecule has 1 aliphatic heterocycles. The van der Waals surface area contributed by atoms with E-state index in [1.165, 1.54) is 22.3 Å². The number of hydrogen-bond acceptors (Lipinski definition) is 7. The summed E-state index contributed by atoms with van der Waals surface area (Å²) >= 11 is 0. The first-order chi connectivity index (χ1) is 16.3. The molecular weight excluding hydrogens is 458 g/mol. The maximum Gasteiger partial charge on any atom is 0.246 e. The van der Waals surface area contributed by atoms with Gasteiger partial charge in [-0.1, -0.05) is 0 Å². The van der Waals surface area contributed by atoms with E-state index < -0.39 is 10.0 Å². The SMILES string of the molecule is Cc1nn(CC(=O)Nc2ccc(N3CCOCC3)cc2)c(C)c1S(=O)(=O)N(C)Cc1ccco1. The molecule has 0 atom stereocenters. The van der Waals surface area contributed by atoms with Crippen molar-refractivity contribution in [3.05, 3.63) is 59.8 Å². The van der Waals surface area contributed by atoms with Crippen molar-refractivity contribution >= 4 is 27.3 Å². The van der Waals surface area contributed by atoms with Gasteiger partial charge >= 0.3 is 0 Å². The lowest BCUT2D eigenvalue weighted by Gasteiger charge is -2.28. The second-order valence-corrected chi connectivity index (χ2v) is 10.2. The number of ether oxygens (including phenoxy) is 1. The molecule has 182 valence electrons. The zero-order valence-corrected chi connectivity index (χ0v) is 20.3. The summed E-state index contributed by atoms with van der Waals surface area (Å²) in [6, 6.07) is 11.0. The lowest BCUT2D eigenvalue weighted by Crippen LogP contribution is -2.36. The number of morpholine rings is 1. The molecule has 0 radical (unpaired) electrons. The summed E-state index contributed by atoms with van der Waals surface area (Å²) in [5.74, 6) is 0.241. The van der Waals surface area contributed by atoms with Gasteiger partial charge in [-0.2, -0.15) is 9.40 Å². The number of amides is 1. The highest BCUT2D eigenvalue weighted by Crippen LogP contribution is 2.24. The van der Waals surface area contributed by atoms with E-state index in [1.54, 1.807) is 26.0 Å². The number of carbonyl (C=O) groups excluding carboxylic acids is 1. The third-order valence-electron chi connectivity index (χ3n) is 5.76. The average molecular weight is 488 g/mol. The van der Waals surface area contributed by atoms with Crippen LogP contribution in [0.15, 0.2) is 52.0 Å². The standard InChI is InChI=1S/C23H29N5O5S/c1-17-23(34(30,31)26(3)15-21-5-4-12-33-21)18(2)28(25-17)16-22(29)24-19-6-8-20(9-7-19)27-10-13-32-14-11-27/h4-9,12H,10-11,13-16H2,1-3H3,(H,24,29). The second kappa shape index (κ2) is 10.00. The number of furan rings is 1. The van der Waals surface area contributed by atoms with Crippen LogP contribution in [0.2, 0.25) is 0 Å². The largest absolute Gasteiger partial charge is 0.468 e. The number of carbonyl (C=O) groups is 1. The fourth-order valence-electron chi connectivity index (χ4n) is 3.98. The predicted octanol–water partition coefficient (Wildman–Crippen LogP) is 2.39. The molecule has 3 aromatic rings. The van der Waals surface area contributed by atoms with E-state index in [0.717, 1.165) is 18.8 Å². The normalized spacial score (nSPS) is 14.5. The number of benzene rings is 1. The summed E-state index contributed by atoms with van der Waals surface area (Å²) < 4.78 is 39.6. The summed E-state index contributed by atoms with van der Waals surface area (Å²) in [6.07, 6.45) is 1.50. The molecular formula is C23H29N5O5S. The number of aromatic nitrogens is 2. The molecule has 0 bridgehead atoms. The summed E-state index contributed by atoms with van der Waals surface area (Å²) in [5, 5.41) is 7.17. The molecule has 1 aliphatic rings. The Morgan fingerprint density at radius 3 is 2.50 bits per heavy atom. The fourth-order valence-corrected chi connectivity index (χ4v) is 5.49. The topological polar surface area (TPSA) is 110 Å². The number of hydrogen-bond donors (Lipinski definition) is 1. The highest BCUT2D eigenvalue weighted by molar-refractivity contribution is 7.89. The molecule has 1 saturated heterocycles. The van der Waals surface area contributed by atoms with E-state index >= 15 is 0 Å². The van der Waals surface area contributed by atoms with Crippen molar-refractivity contribution in [2.24, 2.45) is 0 Å². The van der Waals surface area contributed by atoms with E-state index in [0.29, 0.717) is 36.0 Å². The Morgan fingerprint density at radius 1 is 1.15 bits per heavy atom. The van der Waals surface area contributed by atoms with Crippen LogP contribution in [0.5, 0.6) is 0 Å². The molecule has 0 spiro atoms. The van der Waals surface area contributed by atoms with Gasteiger partial charge in [0.05, 0.1) is 37.4 Å². The average Bonchev–Trinajstić information content (AvgIpc) is 3.42. The summed E-state index contributed by atoms with van der Waals surface area (Å²) in [4.78, 5) is 15.0. The van der Waals surface area contributed by atoms with Crippen molar-refractivity contribution < 1.29 is 22.4 Å². The van der Waals surface area contributed by atoms with Gasteiger partial charge in [-0.3, -0.25) is 9.48 Å². The Balaban J connectivity index is 1.43. The molecule has 1 amide bonds. The van der Waals surface area contributed by atoms with Gasteiger partial charge < -0.3 is 19.4 Å². The highest BCUT2D eigenvalue weighted by Gasteiger charge is 2.29. The van der Waals surface area contributed by atoms with Crippen LogP contribution < -0.4 is 10.2 Å². The maximum atomic E-state index is 13.2. The third kappa shape index (κ3) is 5.16. The van der Waals surface area contributed by atoms with Gasteiger partial charge in [0.25, 0.3) is 0 Å². The quantitative estimate of drug-likeness (QED) is 0.519. The van der Waals surface area contributed by atoms with E-state index in [4.69, 9.17) is 9.15 Å². The van der Waals surface area contributed by atoms with Gasteiger partial charge in [0.15, 0.2) is 0 Å². The van der Waals surface area contributed by atoms with E-state index in [-0.39, 0.29) is 23.9 Å². The highest BCUT2D eigenvalue weighted by atomic mass is 32.2. The summed E-state index contributed by atoms with van der Waals surface area (Å²) in [5.41, 5.74) is 2.48. The number of nitrogens with zero attached hydrogens (tertiary/aromatic N) is 4. The van der Waals surface area contributed by atoms with Crippen LogP contribution in [-0.4, -0.2) is 61.8 Å². The predicted molar refractivity (Wildman–Crippen MR) is 127 cm³/mol. The van der Waals surface area contributed by atoms with Crippen molar-refractivity contribution in [2.75, 3.05) is 43.6 Å². The summed E-state index contributed by atoms with van der Waals surface area (Å²) in [6.45, 7) is 6.36. The summed E-state index contributed by atoms with van der Waals surface area (Å²) in [7, 11) is -2.33. The minimum Gasteiger partial charge on any atom is -0.468 e. The number of sulfonamides is 1. The molecule has 11 heteroatoms. The zero-order valence-electron chi connectivity index (χ0n) is 19.5. The van der Waals surface area contributed by atoms with Crippen molar-refractivity contribution in [3.8, 4) is 0 Å². The maximum absolute atomic E-state index is 13.2. The van der Waals surface area contributed by atoms with Crippen molar-refractivity contribution in [1.82, 2.24) is 14.1 Å². The van der Waals surface area contributed by atoms with Gasteiger partial charge in [0.2, 0.25) is 15.9 Å². The van der Waals surface area contributed by atoms with Crippen LogP contribution in [0.25, 0.3) is 0 Å². The smallest absolute Gasteiger partial charge is 0.246 e. The van der Waals surface area contributed by atoms with E-state index in [9.17, 15) is 13.2 Å². The van der Waals surface area contributed by atoms with Crippen LogP contribution in [0, 0.1) is 13.8 Å². The molecule has 0 aliphatic carbocycles. The van der Waals surface area contributed by atoms with Gasteiger partial charge in [-0.15, -0.1) is 0 Å².